The normalized spacial score (nSPS) is 14.7. The molecule has 0 radical (unpaired) electrons. The Kier molecular flexibility index (Phi) is 6.16. The van der Waals surface area contributed by atoms with Gasteiger partial charge in [-0.25, -0.2) is 14.6 Å². The molecule has 0 aromatic heterocycles. The molecule has 4 rings (SSSR count). The fraction of sp³-hybridized carbons (Fsp3) is 0.148. The molecule has 0 saturated carbocycles. The zero-order chi connectivity index (χ0) is 23.6. The van der Waals surface area contributed by atoms with E-state index < -0.39 is 11.9 Å². The van der Waals surface area contributed by atoms with Crippen LogP contribution in [0.3, 0.4) is 0 Å². The van der Waals surface area contributed by atoms with Crippen molar-refractivity contribution in [1.82, 2.24) is 0 Å². The fourth-order valence-corrected chi connectivity index (χ4v) is 3.44. The number of benzene rings is 3. The zero-order valence-corrected chi connectivity index (χ0v) is 19.2. The number of ether oxygens (including phenoxy) is 2. The predicted octanol–water partition coefficient (Wildman–Crippen LogP) is 6.20. The molecular weight excluding hydrogens is 438 g/mol. The van der Waals surface area contributed by atoms with Crippen LogP contribution in [0.2, 0.25) is 5.02 Å². The van der Waals surface area contributed by atoms with Crippen LogP contribution in [0.25, 0.3) is 6.08 Å². The monoisotopic (exact) mass is 459 g/mol. The van der Waals surface area contributed by atoms with Gasteiger partial charge in [0.25, 0.3) is 0 Å². The van der Waals surface area contributed by atoms with E-state index in [4.69, 9.17) is 21.1 Å². The molecular formula is C27H22ClNO4. The van der Waals surface area contributed by atoms with Gasteiger partial charge in [0.05, 0.1) is 16.1 Å². The van der Waals surface area contributed by atoms with Crippen molar-refractivity contribution in [3.05, 3.63) is 106 Å². The molecule has 33 heavy (non-hydrogen) atoms. The van der Waals surface area contributed by atoms with Gasteiger partial charge in [-0.05, 0) is 59.0 Å². The second-order valence-electron chi connectivity index (χ2n) is 8.60. The maximum absolute atomic E-state index is 12.5. The number of cyclic esters (lactones) is 1. The van der Waals surface area contributed by atoms with Gasteiger partial charge in [0, 0.05) is 0 Å². The standard InChI is InChI=1S/C27H22ClNO4/c1-27(2,3)19-12-10-18(11-13-19)25(30)32-20-14-8-17(9-15-20)16-23-26(31)33-24(29-23)21-6-4-5-7-22(21)28/h4-16H,1-3H3/b23-16+. The molecule has 1 heterocycles. The van der Waals surface area contributed by atoms with Crippen LogP contribution in [0.15, 0.2) is 83.5 Å². The van der Waals surface area contributed by atoms with Crippen LogP contribution in [-0.2, 0) is 14.9 Å². The Morgan fingerprint density at radius 2 is 1.64 bits per heavy atom. The third kappa shape index (κ3) is 5.21. The lowest BCUT2D eigenvalue weighted by Gasteiger charge is -2.18. The first-order chi connectivity index (χ1) is 15.7. The highest BCUT2D eigenvalue weighted by atomic mass is 35.5. The van der Waals surface area contributed by atoms with Crippen LogP contribution in [0.1, 0.15) is 47.8 Å². The topological polar surface area (TPSA) is 65.0 Å². The first kappa shape index (κ1) is 22.5. The second-order valence-corrected chi connectivity index (χ2v) is 9.01. The molecule has 0 unspecified atom stereocenters. The molecule has 1 aliphatic rings. The highest BCUT2D eigenvalue weighted by Gasteiger charge is 2.25. The molecule has 5 nitrogen and oxygen atoms in total. The minimum atomic E-state index is -0.556. The Morgan fingerprint density at radius 1 is 0.970 bits per heavy atom. The molecule has 0 aliphatic carbocycles. The minimum Gasteiger partial charge on any atom is -0.423 e. The van der Waals surface area contributed by atoms with Crippen LogP contribution < -0.4 is 4.74 Å². The summed E-state index contributed by atoms with van der Waals surface area (Å²) >= 11 is 6.16. The van der Waals surface area contributed by atoms with Crippen molar-refractivity contribution in [2.75, 3.05) is 0 Å². The molecule has 0 atom stereocenters. The number of aliphatic imine (C=N–C) groups is 1. The molecule has 3 aromatic rings. The summed E-state index contributed by atoms with van der Waals surface area (Å²) in [4.78, 5) is 28.9. The van der Waals surface area contributed by atoms with E-state index in [0.717, 1.165) is 5.56 Å². The molecule has 0 amide bonds. The van der Waals surface area contributed by atoms with Gasteiger partial charge in [-0.15, -0.1) is 0 Å². The lowest BCUT2D eigenvalue weighted by Crippen LogP contribution is -2.12. The summed E-state index contributed by atoms with van der Waals surface area (Å²) in [5.41, 5.74) is 3.05. The summed E-state index contributed by atoms with van der Waals surface area (Å²) in [6.07, 6.45) is 1.60. The number of nitrogens with zero attached hydrogens (tertiary/aromatic N) is 1. The molecule has 0 bridgehead atoms. The van der Waals surface area contributed by atoms with E-state index >= 15 is 0 Å². The van der Waals surface area contributed by atoms with Crippen LogP contribution in [0.4, 0.5) is 0 Å². The number of carbonyl (C=O) groups is 2. The fourth-order valence-electron chi connectivity index (χ4n) is 3.22. The van der Waals surface area contributed by atoms with Gasteiger partial charge in [-0.3, -0.25) is 0 Å². The highest BCUT2D eigenvalue weighted by molar-refractivity contribution is 6.34. The van der Waals surface area contributed by atoms with E-state index in [1.54, 1.807) is 66.7 Å². The maximum atomic E-state index is 12.5. The quantitative estimate of drug-likeness (QED) is 0.264. The average Bonchev–Trinajstić information content (AvgIpc) is 3.14. The Hall–Kier alpha value is -3.70. The first-order valence-electron chi connectivity index (χ1n) is 10.4. The molecule has 166 valence electrons. The molecule has 6 heteroatoms. The van der Waals surface area contributed by atoms with Gasteiger partial charge in [0.1, 0.15) is 5.75 Å². The van der Waals surface area contributed by atoms with E-state index in [1.165, 1.54) is 0 Å². The Bertz CT molecular complexity index is 1270. The Morgan fingerprint density at radius 3 is 2.27 bits per heavy atom. The number of rotatable bonds is 4. The van der Waals surface area contributed by atoms with Crippen molar-refractivity contribution in [3.8, 4) is 5.75 Å². The largest absolute Gasteiger partial charge is 0.423 e. The molecule has 0 fully saturated rings. The average molecular weight is 460 g/mol. The second kappa shape index (κ2) is 9.04. The zero-order valence-electron chi connectivity index (χ0n) is 18.5. The van der Waals surface area contributed by atoms with Gasteiger partial charge < -0.3 is 9.47 Å². The number of hydrogen-bond donors (Lipinski definition) is 0. The third-order valence-corrected chi connectivity index (χ3v) is 5.44. The lowest BCUT2D eigenvalue weighted by molar-refractivity contribution is -0.129. The van der Waals surface area contributed by atoms with Crippen molar-refractivity contribution in [2.24, 2.45) is 4.99 Å². The van der Waals surface area contributed by atoms with Gasteiger partial charge in [0.15, 0.2) is 5.70 Å². The van der Waals surface area contributed by atoms with Crippen molar-refractivity contribution < 1.29 is 19.1 Å². The van der Waals surface area contributed by atoms with Crippen LogP contribution in [-0.4, -0.2) is 17.8 Å². The Labute approximate surface area is 197 Å². The number of carbonyl (C=O) groups excluding carboxylic acids is 2. The summed E-state index contributed by atoms with van der Waals surface area (Å²) in [6.45, 7) is 6.35. The van der Waals surface area contributed by atoms with E-state index in [-0.39, 0.29) is 17.0 Å². The number of hydrogen-bond acceptors (Lipinski definition) is 5. The first-order valence-corrected chi connectivity index (χ1v) is 10.8. The van der Waals surface area contributed by atoms with Crippen LogP contribution in [0, 0.1) is 0 Å². The highest BCUT2D eigenvalue weighted by Crippen LogP contribution is 2.25. The van der Waals surface area contributed by atoms with Crippen LogP contribution >= 0.6 is 11.6 Å². The summed E-state index contributed by atoms with van der Waals surface area (Å²) in [5.74, 6) is -0.426. The third-order valence-electron chi connectivity index (χ3n) is 5.11. The van der Waals surface area contributed by atoms with Crippen molar-refractivity contribution in [1.29, 1.82) is 0 Å². The summed E-state index contributed by atoms with van der Waals surface area (Å²) in [7, 11) is 0. The molecule has 1 aliphatic heterocycles. The summed E-state index contributed by atoms with van der Waals surface area (Å²) in [5, 5.41) is 0.449. The van der Waals surface area contributed by atoms with E-state index in [1.807, 2.05) is 12.1 Å². The van der Waals surface area contributed by atoms with Gasteiger partial charge in [-0.2, -0.15) is 0 Å². The Balaban J connectivity index is 1.46. The van der Waals surface area contributed by atoms with Crippen LogP contribution in [0.5, 0.6) is 5.75 Å². The molecule has 3 aromatic carbocycles. The van der Waals surface area contributed by atoms with Gasteiger partial charge >= 0.3 is 11.9 Å². The molecule has 0 N–H and O–H groups in total. The number of esters is 2. The van der Waals surface area contributed by atoms with E-state index in [0.29, 0.717) is 27.5 Å². The smallest absolute Gasteiger partial charge is 0.363 e. The lowest BCUT2D eigenvalue weighted by atomic mass is 9.87. The summed E-state index contributed by atoms with van der Waals surface area (Å²) in [6, 6.07) is 21.2. The summed E-state index contributed by atoms with van der Waals surface area (Å²) < 4.78 is 10.7. The van der Waals surface area contributed by atoms with Crippen molar-refractivity contribution in [2.45, 2.75) is 26.2 Å². The van der Waals surface area contributed by atoms with Crippen molar-refractivity contribution in [3.63, 3.8) is 0 Å². The SMILES string of the molecule is CC(C)(C)c1ccc(C(=O)Oc2ccc(/C=C3/N=C(c4ccccc4Cl)OC3=O)cc2)cc1. The van der Waals surface area contributed by atoms with Gasteiger partial charge in [-0.1, -0.05) is 68.8 Å². The van der Waals surface area contributed by atoms with Gasteiger partial charge in [0.2, 0.25) is 5.90 Å². The minimum absolute atomic E-state index is 0.0106. The molecule has 0 saturated heterocycles. The van der Waals surface area contributed by atoms with Crippen molar-refractivity contribution >= 4 is 35.5 Å². The predicted molar refractivity (Wildman–Crippen MR) is 129 cm³/mol. The maximum Gasteiger partial charge on any atom is 0.363 e. The van der Waals surface area contributed by atoms with E-state index in [2.05, 4.69) is 25.8 Å². The number of halogens is 1. The molecule has 0 spiro atoms. The van der Waals surface area contributed by atoms with E-state index in [9.17, 15) is 9.59 Å².